The van der Waals surface area contributed by atoms with E-state index < -0.39 is 0 Å². The third-order valence-corrected chi connectivity index (χ3v) is 2.00. The van der Waals surface area contributed by atoms with Gasteiger partial charge in [-0.1, -0.05) is 15.9 Å². The van der Waals surface area contributed by atoms with E-state index in [2.05, 4.69) is 21.2 Å². The highest BCUT2D eigenvalue weighted by Gasteiger charge is 2.27. The van der Waals surface area contributed by atoms with E-state index in [4.69, 9.17) is 0 Å². The molecule has 1 fully saturated rings. The molecular formula is C5H7BrN2O2. The molecule has 1 aliphatic rings. The van der Waals surface area contributed by atoms with E-state index >= 15 is 0 Å². The first-order chi connectivity index (χ1) is 4.61. The summed E-state index contributed by atoms with van der Waals surface area (Å²) in [6.45, 7) is 0.435. The summed E-state index contributed by atoms with van der Waals surface area (Å²) in [5.41, 5.74) is 0. The third kappa shape index (κ3) is 1.29. The van der Waals surface area contributed by atoms with Gasteiger partial charge in [0.25, 0.3) is 0 Å². The van der Waals surface area contributed by atoms with E-state index in [-0.39, 0.29) is 16.8 Å². The van der Waals surface area contributed by atoms with Gasteiger partial charge in [0.2, 0.25) is 5.91 Å². The number of rotatable bonds is 0. The van der Waals surface area contributed by atoms with Crippen molar-refractivity contribution in [1.82, 2.24) is 10.2 Å². The minimum absolute atomic E-state index is 0.261. The first kappa shape index (κ1) is 7.53. The number of imide groups is 1. The standard InChI is InChI=1S/C5H7BrN2O2/c1-8-2-3(6)4(9)7-5(8)10/h3H,2H2,1H3,(H,7,9,10)/t3-/m0/s1. The lowest BCUT2D eigenvalue weighted by molar-refractivity contribution is -0.120. The van der Waals surface area contributed by atoms with Gasteiger partial charge in [0.05, 0.1) is 0 Å². The molecule has 5 heteroatoms. The van der Waals surface area contributed by atoms with Crippen LogP contribution in [-0.4, -0.2) is 35.3 Å². The van der Waals surface area contributed by atoms with Crippen LogP contribution in [0.3, 0.4) is 0 Å². The summed E-state index contributed by atoms with van der Waals surface area (Å²) in [5.74, 6) is -0.261. The fourth-order valence-electron chi connectivity index (χ4n) is 0.685. The number of nitrogens with zero attached hydrogens (tertiary/aromatic N) is 1. The summed E-state index contributed by atoms with van der Waals surface area (Å²) in [6, 6.07) is -0.333. The van der Waals surface area contributed by atoms with E-state index in [0.717, 1.165) is 0 Å². The maximum Gasteiger partial charge on any atom is 0.323 e. The molecule has 1 saturated heterocycles. The molecule has 0 bridgehead atoms. The van der Waals surface area contributed by atoms with Gasteiger partial charge < -0.3 is 4.90 Å². The predicted octanol–water partition coefficient (Wildman–Crippen LogP) is -0.0685. The van der Waals surface area contributed by atoms with Crippen molar-refractivity contribution in [1.29, 1.82) is 0 Å². The highest BCUT2D eigenvalue weighted by atomic mass is 79.9. The second-order valence-electron chi connectivity index (χ2n) is 2.14. The van der Waals surface area contributed by atoms with Gasteiger partial charge in [0.1, 0.15) is 4.83 Å². The van der Waals surface area contributed by atoms with Gasteiger partial charge in [-0.25, -0.2) is 4.79 Å². The minimum atomic E-state index is -0.333. The fraction of sp³-hybridized carbons (Fsp3) is 0.600. The molecule has 0 aromatic heterocycles. The monoisotopic (exact) mass is 206 g/mol. The summed E-state index contributed by atoms with van der Waals surface area (Å²) in [5, 5.41) is 2.18. The number of carbonyl (C=O) groups excluding carboxylic acids is 2. The van der Waals surface area contributed by atoms with Crippen LogP contribution in [-0.2, 0) is 4.79 Å². The van der Waals surface area contributed by atoms with Crippen molar-refractivity contribution in [3.05, 3.63) is 0 Å². The molecule has 0 aromatic rings. The van der Waals surface area contributed by atoms with Crippen LogP contribution in [0.1, 0.15) is 0 Å². The Bertz CT molecular complexity index is 164. The lowest BCUT2D eigenvalue weighted by Crippen LogP contribution is -2.53. The van der Waals surface area contributed by atoms with Gasteiger partial charge in [0.15, 0.2) is 0 Å². The molecule has 1 heterocycles. The second kappa shape index (κ2) is 2.57. The first-order valence-corrected chi connectivity index (χ1v) is 3.73. The Morgan fingerprint density at radius 1 is 1.70 bits per heavy atom. The highest BCUT2D eigenvalue weighted by Crippen LogP contribution is 2.06. The quantitative estimate of drug-likeness (QED) is 0.565. The van der Waals surface area contributed by atoms with Crippen molar-refractivity contribution >= 4 is 27.9 Å². The molecule has 1 N–H and O–H groups in total. The van der Waals surface area contributed by atoms with Crippen LogP contribution >= 0.6 is 15.9 Å². The Kier molecular flexibility index (Phi) is 1.94. The topological polar surface area (TPSA) is 49.4 Å². The molecule has 56 valence electrons. The van der Waals surface area contributed by atoms with Gasteiger partial charge in [-0.15, -0.1) is 0 Å². The Labute approximate surface area is 66.7 Å². The number of hydrogen-bond acceptors (Lipinski definition) is 2. The van der Waals surface area contributed by atoms with E-state index in [1.54, 1.807) is 7.05 Å². The van der Waals surface area contributed by atoms with Crippen LogP contribution in [0.15, 0.2) is 0 Å². The Morgan fingerprint density at radius 2 is 2.30 bits per heavy atom. The number of nitrogens with one attached hydrogen (secondary N) is 1. The van der Waals surface area contributed by atoms with Crippen molar-refractivity contribution < 1.29 is 9.59 Å². The molecule has 1 atom stereocenters. The number of urea groups is 1. The zero-order chi connectivity index (χ0) is 7.72. The maximum absolute atomic E-state index is 10.7. The molecule has 0 radical (unpaired) electrons. The van der Waals surface area contributed by atoms with Crippen molar-refractivity contribution in [3.8, 4) is 0 Å². The lowest BCUT2D eigenvalue weighted by Gasteiger charge is -2.25. The number of alkyl halides is 1. The molecule has 1 aliphatic heterocycles. The van der Waals surface area contributed by atoms with E-state index in [1.165, 1.54) is 4.90 Å². The second-order valence-corrected chi connectivity index (χ2v) is 3.25. The molecule has 1 rings (SSSR count). The Morgan fingerprint density at radius 3 is 2.80 bits per heavy atom. The fourth-order valence-corrected chi connectivity index (χ4v) is 1.23. The molecule has 0 spiro atoms. The van der Waals surface area contributed by atoms with Crippen molar-refractivity contribution in [2.75, 3.05) is 13.6 Å². The van der Waals surface area contributed by atoms with E-state index in [9.17, 15) is 9.59 Å². The largest absolute Gasteiger partial charge is 0.326 e. The number of halogens is 1. The normalized spacial score (nSPS) is 26.6. The SMILES string of the molecule is CN1C[C@H](Br)C(=O)NC1=O. The first-order valence-electron chi connectivity index (χ1n) is 2.81. The number of hydrogen-bond donors (Lipinski definition) is 1. The molecule has 3 amide bonds. The summed E-state index contributed by atoms with van der Waals surface area (Å²) >= 11 is 3.12. The van der Waals surface area contributed by atoms with Gasteiger partial charge in [0, 0.05) is 13.6 Å². The van der Waals surface area contributed by atoms with E-state index in [0.29, 0.717) is 6.54 Å². The average molecular weight is 207 g/mol. The molecule has 4 nitrogen and oxygen atoms in total. The maximum atomic E-state index is 10.7. The van der Waals surface area contributed by atoms with Gasteiger partial charge in [-0.2, -0.15) is 0 Å². The Hall–Kier alpha value is -0.580. The van der Waals surface area contributed by atoms with Gasteiger partial charge in [-0.3, -0.25) is 10.1 Å². The average Bonchev–Trinajstić information content (AvgIpc) is 1.84. The Balaban J connectivity index is 2.63. The molecule has 0 unspecified atom stereocenters. The zero-order valence-corrected chi connectivity index (χ0v) is 7.01. The summed E-state index contributed by atoms with van der Waals surface area (Å²) in [7, 11) is 1.63. The van der Waals surface area contributed by atoms with Crippen molar-refractivity contribution in [3.63, 3.8) is 0 Å². The number of amides is 3. The third-order valence-electron chi connectivity index (χ3n) is 1.30. The molecule has 0 aliphatic carbocycles. The van der Waals surface area contributed by atoms with Gasteiger partial charge >= 0.3 is 6.03 Å². The summed E-state index contributed by atoms with van der Waals surface area (Å²) < 4.78 is 0. The van der Waals surface area contributed by atoms with E-state index in [1.807, 2.05) is 0 Å². The van der Waals surface area contributed by atoms with Crippen LogP contribution < -0.4 is 5.32 Å². The van der Waals surface area contributed by atoms with Crippen LogP contribution in [0.4, 0.5) is 4.79 Å². The lowest BCUT2D eigenvalue weighted by atomic mass is 10.3. The molecule has 10 heavy (non-hydrogen) atoms. The number of carbonyl (C=O) groups is 2. The van der Waals surface area contributed by atoms with Crippen LogP contribution in [0.2, 0.25) is 0 Å². The highest BCUT2D eigenvalue weighted by molar-refractivity contribution is 9.10. The van der Waals surface area contributed by atoms with Crippen LogP contribution in [0.25, 0.3) is 0 Å². The van der Waals surface area contributed by atoms with Crippen molar-refractivity contribution in [2.45, 2.75) is 4.83 Å². The summed E-state index contributed by atoms with van der Waals surface area (Å²) in [6.07, 6.45) is 0. The zero-order valence-electron chi connectivity index (χ0n) is 5.43. The van der Waals surface area contributed by atoms with Crippen LogP contribution in [0.5, 0.6) is 0 Å². The smallest absolute Gasteiger partial charge is 0.323 e. The van der Waals surface area contributed by atoms with Gasteiger partial charge in [-0.05, 0) is 0 Å². The molecular weight excluding hydrogens is 200 g/mol. The predicted molar refractivity (Wildman–Crippen MR) is 38.9 cm³/mol. The molecule has 0 aromatic carbocycles. The summed E-state index contributed by atoms with van der Waals surface area (Å²) in [4.78, 5) is 22.6. The van der Waals surface area contributed by atoms with Crippen molar-refractivity contribution in [2.24, 2.45) is 0 Å². The van der Waals surface area contributed by atoms with Crippen LogP contribution in [0, 0.1) is 0 Å². The molecule has 0 saturated carbocycles. The minimum Gasteiger partial charge on any atom is -0.326 e.